The summed E-state index contributed by atoms with van der Waals surface area (Å²) in [5.74, 6) is 0. The summed E-state index contributed by atoms with van der Waals surface area (Å²) in [5.41, 5.74) is 14.4. The van der Waals surface area contributed by atoms with E-state index in [0.29, 0.717) is 0 Å². The Hall–Kier alpha value is -8.38. The lowest BCUT2D eigenvalue weighted by Crippen LogP contribution is -2.16. The molecular formula is C61H43N3OS. The summed E-state index contributed by atoms with van der Waals surface area (Å²) < 4.78 is 9.40. The Kier molecular flexibility index (Phi) is 9.89. The van der Waals surface area contributed by atoms with Crippen LogP contribution in [0.15, 0.2) is 247 Å². The second-order valence-electron chi connectivity index (χ2n) is 16.7. The molecule has 2 heterocycles. The van der Waals surface area contributed by atoms with E-state index >= 15 is 0 Å². The normalized spacial score (nSPS) is 11.4. The molecule has 0 atom stereocenters. The van der Waals surface area contributed by atoms with Gasteiger partial charge in [-0.1, -0.05) is 133 Å². The molecule has 0 radical (unpaired) electrons. The molecule has 2 aromatic heterocycles. The standard InChI is InChI=1S/C61H43N3OS/c1-42-17-15-24-49(37-42)63(46-20-7-3-8-21-46)51-39-50(40-52(41-51)64(47-22-9-4-10-23-47)57-28-16-27-55-53-25-11-13-29-58(53)65-61(55)57)62(45-18-5-2-6-19-45)48-34-31-43(32-35-48)44-33-36-60-56(38-44)54-26-12-14-30-59(54)66-60/h2-41H,1H3. The van der Waals surface area contributed by atoms with Crippen molar-refractivity contribution in [3.8, 4) is 11.1 Å². The predicted molar refractivity (Wildman–Crippen MR) is 281 cm³/mol. The maximum atomic E-state index is 6.78. The van der Waals surface area contributed by atoms with E-state index in [-0.39, 0.29) is 0 Å². The van der Waals surface area contributed by atoms with Crippen LogP contribution in [0.1, 0.15) is 5.56 Å². The highest BCUT2D eigenvalue weighted by Crippen LogP contribution is 2.48. The first-order valence-corrected chi connectivity index (χ1v) is 23.1. The molecule has 0 spiro atoms. The van der Waals surface area contributed by atoms with Crippen LogP contribution < -0.4 is 14.7 Å². The topological polar surface area (TPSA) is 22.9 Å². The number of anilines is 9. The van der Waals surface area contributed by atoms with Crippen molar-refractivity contribution in [2.75, 3.05) is 14.7 Å². The third-order valence-electron chi connectivity index (χ3n) is 12.4. The number of benzene rings is 10. The number of hydrogen-bond donors (Lipinski definition) is 0. The molecule has 0 N–H and O–H groups in total. The van der Waals surface area contributed by atoms with Crippen molar-refractivity contribution < 1.29 is 4.42 Å². The smallest absolute Gasteiger partial charge is 0.159 e. The second-order valence-corrected chi connectivity index (χ2v) is 17.8. The number of hydrogen-bond acceptors (Lipinski definition) is 5. The van der Waals surface area contributed by atoms with Crippen LogP contribution in [0, 0.1) is 6.92 Å². The van der Waals surface area contributed by atoms with Crippen molar-refractivity contribution in [1.82, 2.24) is 0 Å². The molecule has 0 aliphatic carbocycles. The number of aryl methyl sites for hydroxylation is 1. The minimum atomic E-state index is 0.831. The molecule has 4 nitrogen and oxygen atoms in total. The van der Waals surface area contributed by atoms with E-state index < -0.39 is 0 Å². The highest BCUT2D eigenvalue weighted by atomic mass is 32.1. The maximum Gasteiger partial charge on any atom is 0.159 e. The maximum absolute atomic E-state index is 6.78. The highest BCUT2D eigenvalue weighted by molar-refractivity contribution is 7.25. The lowest BCUT2D eigenvalue weighted by molar-refractivity contribution is 0.669. The molecular weight excluding hydrogens is 823 g/mol. The number of fused-ring (bicyclic) bond motifs is 6. The Bertz CT molecular complexity index is 3670. The van der Waals surface area contributed by atoms with E-state index in [4.69, 9.17) is 4.42 Å². The number of thiophene rings is 1. The van der Waals surface area contributed by atoms with Gasteiger partial charge in [0.05, 0.1) is 22.7 Å². The van der Waals surface area contributed by atoms with Gasteiger partial charge in [-0.05, 0) is 133 Å². The van der Waals surface area contributed by atoms with Crippen molar-refractivity contribution in [1.29, 1.82) is 0 Å². The summed E-state index contributed by atoms with van der Waals surface area (Å²) in [5, 5.41) is 4.76. The molecule has 12 aromatic rings. The van der Waals surface area contributed by atoms with E-state index in [1.54, 1.807) is 0 Å². The molecule has 0 aliphatic heterocycles. The average Bonchev–Trinajstić information content (AvgIpc) is 3.94. The van der Waals surface area contributed by atoms with Crippen LogP contribution >= 0.6 is 11.3 Å². The molecule has 0 aliphatic rings. The number of furan rings is 1. The van der Waals surface area contributed by atoms with Crippen LogP contribution in [-0.2, 0) is 0 Å². The van der Waals surface area contributed by atoms with Crippen LogP contribution in [-0.4, -0.2) is 0 Å². The monoisotopic (exact) mass is 865 g/mol. The quantitative estimate of drug-likeness (QED) is 0.137. The molecule has 0 saturated carbocycles. The van der Waals surface area contributed by atoms with Crippen LogP contribution in [0.5, 0.6) is 0 Å². The predicted octanol–water partition coefficient (Wildman–Crippen LogP) is 18.3. The van der Waals surface area contributed by atoms with Crippen LogP contribution in [0.2, 0.25) is 0 Å². The van der Waals surface area contributed by atoms with Gasteiger partial charge in [0.1, 0.15) is 5.58 Å². The van der Waals surface area contributed by atoms with Gasteiger partial charge in [0.25, 0.3) is 0 Å². The second kappa shape index (κ2) is 16.6. The zero-order chi connectivity index (χ0) is 44.0. The van der Waals surface area contributed by atoms with Gasteiger partial charge in [-0.25, -0.2) is 0 Å². The molecule has 10 aromatic carbocycles. The van der Waals surface area contributed by atoms with Crippen molar-refractivity contribution in [2.24, 2.45) is 0 Å². The van der Waals surface area contributed by atoms with Gasteiger partial charge in [-0.2, -0.15) is 0 Å². The van der Waals surface area contributed by atoms with Crippen molar-refractivity contribution >= 4 is 105 Å². The SMILES string of the molecule is Cc1cccc(N(c2ccccc2)c2cc(N(c3ccccc3)c3ccc(-c4ccc5sc6ccccc6c5c4)cc3)cc(N(c3ccccc3)c3cccc4c3oc3ccccc34)c2)c1. The zero-order valence-electron chi connectivity index (χ0n) is 36.3. The molecule has 5 heteroatoms. The molecule has 12 rings (SSSR count). The molecule has 0 saturated heterocycles. The Morgan fingerprint density at radius 2 is 0.818 bits per heavy atom. The van der Waals surface area contributed by atoms with E-state index in [1.807, 2.05) is 17.4 Å². The third-order valence-corrected chi connectivity index (χ3v) is 13.6. The highest BCUT2D eigenvalue weighted by Gasteiger charge is 2.24. The molecule has 0 amide bonds. The lowest BCUT2D eigenvalue weighted by Gasteiger charge is -2.33. The first-order chi connectivity index (χ1) is 32.6. The molecule has 0 fully saturated rings. The number of nitrogens with zero attached hydrogens (tertiary/aromatic N) is 3. The number of rotatable bonds is 10. The first kappa shape index (κ1) is 39.2. The Morgan fingerprint density at radius 1 is 0.318 bits per heavy atom. The van der Waals surface area contributed by atoms with Crippen molar-refractivity contribution in [3.63, 3.8) is 0 Å². The minimum absolute atomic E-state index is 0.831. The van der Waals surface area contributed by atoms with Gasteiger partial charge in [0.15, 0.2) is 5.58 Å². The molecule has 0 bridgehead atoms. The van der Waals surface area contributed by atoms with Gasteiger partial charge in [0.2, 0.25) is 0 Å². The minimum Gasteiger partial charge on any atom is -0.454 e. The third kappa shape index (κ3) is 7.12. The summed E-state index contributed by atoms with van der Waals surface area (Å²) in [6.07, 6.45) is 0. The molecule has 0 unspecified atom stereocenters. The Balaban J connectivity index is 1.09. The number of para-hydroxylation sites is 5. The average molecular weight is 866 g/mol. The van der Waals surface area contributed by atoms with Crippen LogP contribution in [0.3, 0.4) is 0 Å². The van der Waals surface area contributed by atoms with Crippen LogP contribution in [0.4, 0.5) is 51.2 Å². The fourth-order valence-corrected chi connectivity index (χ4v) is 10.5. The van der Waals surface area contributed by atoms with E-state index in [0.717, 1.165) is 73.1 Å². The van der Waals surface area contributed by atoms with Gasteiger partial charge in [-0.15, -0.1) is 11.3 Å². The van der Waals surface area contributed by atoms with Crippen molar-refractivity contribution in [3.05, 3.63) is 248 Å². The largest absolute Gasteiger partial charge is 0.454 e. The summed E-state index contributed by atoms with van der Waals surface area (Å²) in [6, 6.07) is 87.0. The van der Waals surface area contributed by atoms with Crippen molar-refractivity contribution in [2.45, 2.75) is 6.92 Å². The Labute approximate surface area is 388 Å². The van der Waals surface area contributed by atoms with E-state index in [1.165, 1.54) is 36.9 Å². The summed E-state index contributed by atoms with van der Waals surface area (Å²) in [6.45, 7) is 2.15. The summed E-state index contributed by atoms with van der Waals surface area (Å²) >= 11 is 1.85. The lowest BCUT2D eigenvalue weighted by atomic mass is 10.0. The Morgan fingerprint density at radius 3 is 1.50 bits per heavy atom. The van der Waals surface area contributed by atoms with E-state index in [9.17, 15) is 0 Å². The first-order valence-electron chi connectivity index (χ1n) is 22.3. The van der Waals surface area contributed by atoms with Gasteiger partial charge in [-0.3, -0.25) is 0 Å². The van der Waals surface area contributed by atoms with Crippen LogP contribution in [0.25, 0.3) is 53.2 Å². The van der Waals surface area contributed by atoms with Gasteiger partial charge < -0.3 is 19.1 Å². The zero-order valence-corrected chi connectivity index (χ0v) is 37.1. The summed E-state index contributed by atoms with van der Waals surface area (Å²) in [7, 11) is 0. The molecule has 314 valence electrons. The molecule has 66 heavy (non-hydrogen) atoms. The fraction of sp³-hybridized carbons (Fsp3) is 0.0164. The van der Waals surface area contributed by atoms with Gasteiger partial charge >= 0.3 is 0 Å². The van der Waals surface area contributed by atoms with E-state index in [2.05, 4.69) is 258 Å². The van der Waals surface area contributed by atoms with Gasteiger partial charge in [0, 0.05) is 59.4 Å². The summed E-state index contributed by atoms with van der Waals surface area (Å²) in [4.78, 5) is 7.08. The fourth-order valence-electron chi connectivity index (χ4n) is 9.40.